The molecule has 0 radical (unpaired) electrons. The summed E-state index contributed by atoms with van der Waals surface area (Å²) in [4.78, 5) is 4.19. The molecule has 1 aromatic heterocycles. The summed E-state index contributed by atoms with van der Waals surface area (Å²) in [7, 11) is 0. The number of nitrogens with one attached hydrogen (secondary N) is 1. The Labute approximate surface area is 113 Å². The third-order valence-corrected chi connectivity index (χ3v) is 3.34. The summed E-state index contributed by atoms with van der Waals surface area (Å²) in [5.74, 6) is 0. The smallest absolute Gasteiger partial charge is 0.0410 e. The van der Waals surface area contributed by atoms with Crippen molar-refractivity contribution in [3.8, 4) is 0 Å². The standard InChI is InChI=1S/C14H23BrN2/c1-3-6-14(17-4-2)8-5-7-12-9-13(15)11-16-10-12/h9-11,14,17H,3-8H2,1-2H3. The van der Waals surface area contributed by atoms with Crippen LogP contribution in [0.3, 0.4) is 0 Å². The normalized spacial score (nSPS) is 12.6. The van der Waals surface area contributed by atoms with Crippen LogP contribution in [0.4, 0.5) is 0 Å². The Morgan fingerprint density at radius 3 is 2.76 bits per heavy atom. The first-order chi connectivity index (χ1) is 8.26. The third-order valence-electron chi connectivity index (χ3n) is 2.91. The largest absolute Gasteiger partial charge is 0.314 e. The maximum Gasteiger partial charge on any atom is 0.0410 e. The van der Waals surface area contributed by atoms with Crippen molar-refractivity contribution < 1.29 is 0 Å². The van der Waals surface area contributed by atoms with Gasteiger partial charge in [-0.15, -0.1) is 0 Å². The monoisotopic (exact) mass is 298 g/mol. The van der Waals surface area contributed by atoms with Gasteiger partial charge in [-0.3, -0.25) is 4.98 Å². The van der Waals surface area contributed by atoms with Crippen LogP contribution in [0.2, 0.25) is 0 Å². The molecular weight excluding hydrogens is 276 g/mol. The molecule has 1 heterocycles. The predicted molar refractivity (Wildman–Crippen MR) is 77.2 cm³/mol. The second kappa shape index (κ2) is 8.65. The second-order valence-electron chi connectivity index (χ2n) is 4.45. The van der Waals surface area contributed by atoms with Crippen LogP contribution in [0.1, 0.15) is 45.1 Å². The van der Waals surface area contributed by atoms with E-state index in [1.165, 1.54) is 31.2 Å². The highest BCUT2D eigenvalue weighted by molar-refractivity contribution is 9.10. The Bertz CT molecular complexity index is 309. The molecule has 17 heavy (non-hydrogen) atoms. The van der Waals surface area contributed by atoms with E-state index in [2.05, 4.69) is 46.1 Å². The lowest BCUT2D eigenvalue weighted by Gasteiger charge is -2.16. The zero-order chi connectivity index (χ0) is 12.5. The summed E-state index contributed by atoms with van der Waals surface area (Å²) >= 11 is 3.46. The van der Waals surface area contributed by atoms with E-state index in [-0.39, 0.29) is 0 Å². The molecule has 2 nitrogen and oxygen atoms in total. The maximum absolute atomic E-state index is 4.19. The zero-order valence-electron chi connectivity index (χ0n) is 10.9. The lowest BCUT2D eigenvalue weighted by Crippen LogP contribution is -2.28. The molecule has 1 aromatic rings. The van der Waals surface area contributed by atoms with E-state index in [1.807, 2.05) is 12.4 Å². The molecular formula is C14H23BrN2. The Kier molecular flexibility index (Phi) is 7.45. The fourth-order valence-corrected chi connectivity index (χ4v) is 2.54. The van der Waals surface area contributed by atoms with Crippen molar-refractivity contribution in [1.29, 1.82) is 0 Å². The Hall–Kier alpha value is -0.410. The summed E-state index contributed by atoms with van der Waals surface area (Å²) in [5, 5.41) is 3.56. The zero-order valence-corrected chi connectivity index (χ0v) is 12.5. The molecule has 1 unspecified atom stereocenters. The molecule has 1 rings (SSSR count). The molecule has 96 valence electrons. The summed E-state index contributed by atoms with van der Waals surface area (Å²) in [5.41, 5.74) is 1.33. The number of nitrogens with zero attached hydrogens (tertiary/aromatic N) is 1. The van der Waals surface area contributed by atoms with E-state index in [4.69, 9.17) is 0 Å². The Morgan fingerprint density at radius 1 is 1.29 bits per heavy atom. The summed E-state index contributed by atoms with van der Waals surface area (Å²) in [6.45, 7) is 5.51. The van der Waals surface area contributed by atoms with Gasteiger partial charge in [-0.1, -0.05) is 20.3 Å². The van der Waals surface area contributed by atoms with Gasteiger partial charge in [0.15, 0.2) is 0 Å². The molecule has 0 aliphatic rings. The van der Waals surface area contributed by atoms with Gasteiger partial charge in [0.05, 0.1) is 0 Å². The van der Waals surface area contributed by atoms with Crippen LogP contribution in [0, 0.1) is 0 Å². The van der Waals surface area contributed by atoms with Crippen LogP contribution in [0.25, 0.3) is 0 Å². The highest BCUT2D eigenvalue weighted by Gasteiger charge is 2.05. The van der Waals surface area contributed by atoms with Gasteiger partial charge in [0.25, 0.3) is 0 Å². The minimum atomic E-state index is 0.685. The van der Waals surface area contributed by atoms with Gasteiger partial charge in [0.2, 0.25) is 0 Å². The van der Waals surface area contributed by atoms with Crippen molar-refractivity contribution in [3.63, 3.8) is 0 Å². The average Bonchev–Trinajstić information content (AvgIpc) is 2.30. The van der Waals surface area contributed by atoms with Crippen LogP contribution >= 0.6 is 15.9 Å². The SMILES string of the molecule is CCCC(CCCc1cncc(Br)c1)NCC. The van der Waals surface area contributed by atoms with Crippen LogP contribution in [0.15, 0.2) is 22.9 Å². The second-order valence-corrected chi connectivity index (χ2v) is 5.36. The Balaban J connectivity index is 2.30. The van der Waals surface area contributed by atoms with Gasteiger partial charge >= 0.3 is 0 Å². The molecule has 0 fully saturated rings. The van der Waals surface area contributed by atoms with Crippen LogP contribution in [0.5, 0.6) is 0 Å². The van der Waals surface area contributed by atoms with Gasteiger partial charge in [-0.25, -0.2) is 0 Å². The number of hydrogen-bond acceptors (Lipinski definition) is 2. The number of aryl methyl sites for hydroxylation is 1. The Morgan fingerprint density at radius 2 is 2.12 bits per heavy atom. The summed E-state index contributed by atoms with van der Waals surface area (Å²) in [6.07, 6.45) is 9.96. The topological polar surface area (TPSA) is 24.9 Å². The van der Waals surface area contributed by atoms with Crippen LogP contribution in [-0.2, 0) is 6.42 Å². The number of aromatic nitrogens is 1. The molecule has 1 atom stereocenters. The van der Waals surface area contributed by atoms with Crippen molar-refractivity contribution in [1.82, 2.24) is 10.3 Å². The number of halogens is 1. The molecule has 0 amide bonds. The van der Waals surface area contributed by atoms with Gasteiger partial charge < -0.3 is 5.32 Å². The average molecular weight is 299 g/mol. The lowest BCUT2D eigenvalue weighted by atomic mass is 10.0. The number of rotatable bonds is 8. The fourth-order valence-electron chi connectivity index (χ4n) is 2.13. The molecule has 0 aliphatic heterocycles. The van der Waals surface area contributed by atoms with Crippen molar-refractivity contribution in [2.75, 3.05) is 6.54 Å². The van der Waals surface area contributed by atoms with Gasteiger partial charge in [-0.2, -0.15) is 0 Å². The summed E-state index contributed by atoms with van der Waals surface area (Å²) in [6, 6.07) is 2.85. The van der Waals surface area contributed by atoms with Crippen LogP contribution in [-0.4, -0.2) is 17.6 Å². The molecule has 0 saturated carbocycles. The van der Waals surface area contributed by atoms with Crippen LogP contribution < -0.4 is 5.32 Å². The first kappa shape index (κ1) is 14.7. The van der Waals surface area contributed by atoms with E-state index in [0.717, 1.165) is 17.4 Å². The van der Waals surface area contributed by atoms with E-state index in [0.29, 0.717) is 6.04 Å². The molecule has 0 aromatic carbocycles. The van der Waals surface area contributed by atoms with Gasteiger partial charge in [0.1, 0.15) is 0 Å². The van der Waals surface area contributed by atoms with E-state index < -0.39 is 0 Å². The first-order valence-electron chi connectivity index (χ1n) is 6.59. The molecule has 0 saturated heterocycles. The predicted octanol–water partition coefficient (Wildman–Crippen LogP) is 3.95. The third kappa shape index (κ3) is 6.18. The van der Waals surface area contributed by atoms with Crippen molar-refractivity contribution >= 4 is 15.9 Å². The molecule has 3 heteroatoms. The minimum absolute atomic E-state index is 0.685. The van der Waals surface area contributed by atoms with Crippen molar-refractivity contribution in [2.45, 2.75) is 52.0 Å². The highest BCUT2D eigenvalue weighted by Crippen LogP contribution is 2.13. The minimum Gasteiger partial charge on any atom is -0.314 e. The maximum atomic E-state index is 4.19. The molecule has 0 aliphatic carbocycles. The molecule has 0 spiro atoms. The number of pyridine rings is 1. The van der Waals surface area contributed by atoms with E-state index >= 15 is 0 Å². The van der Waals surface area contributed by atoms with Crippen molar-refractivity contribution in [2.24, 2.45) is 0 Å². The molecule has 1 N–H and O–H groups in total. The van der Waals surface area contributed by atoms with Gasteiger partial charge in [0, 0.05) is 22.9 Å². The highest BCUT2D eigenvalue weighted by atomic mass is 79.9. The molecule has 0 bridgehead atoms. The van der Waals surface area contributed by atoms with E-state index in [9.17, 15) is 0 Å². The quantitative estimate of drug-likeness (QED) is 0.786. The number of hydrogen-bond donors (Lipinski definition) is 1. The lowest BCUT2D eigenvalue weighted by molar-refractivity contribution is 0.447. The van der Waals surface area contributed by atoms with E-state index in [1.54, 1.807) is 0 Å². The fraction of sp³-hybridized carbons (Fsp3) is 0.643. The first-order valence-corrected chi connectivity index (χ1v) is 7.38. The van der Waals surface area contributed by atoms with Crippen molar-refractivity contribution in [3.05, 3.63) is 28.5 Å². The summed E-state index contributed by atoms with van der Waals surface area (Å²) < 4.78 is 1.08. The van der Waals surface area contributed by atoms with Gasteiger partial charge in [-0.05, 0) is 59.8 Å².